The summed E-state index contributed by atoms with van der Waals surface area (Å²) in [6, 6.07) is 10.2. The van der Waals surface area contributed by atoms with Crippen molar-refractivity contribution < 1.29 is 19.4 Å². The lowest BCUT2D eigenvalue weighted by Crippen LogP contribution is -2.16. The summed E-state index contributed by atoms with van der Waals surface area (Å²) in [4.78, 5) is 24.0. The number of hydrogen-bond acceptors (Lipinski definition) is 3. The minimum Gasteiger partial charge on any atom is -0.478 e. The Morgan fingerprint density at radius 1 is 1.19 bits per heavy atom. The van der Waals surface area contributed by atoms with E-state index in [1.54, 1.807) is 25.1 Å². The number of aryl methyl sites for hydroxylation is 1. The van der Waals surface area contributed by atoms with Crippen molar-refractivity contribution in [2.45, 2.75) is 13.3 Å². The first kappa shape index (κ1) is 18.2. The van der Waals surface area contributed by atoms with Gasteiger partial charge in [-0.1, -0.05) is 29.8 Å². The number of ether oxygens (including phenoxy) is 1. The maximum Gasteiger partial charge on any atom is 0.337 e. The van der Waals surface area contributed by atoms with Crippen LogP contribution < -0.4 is 5.32 Å². The largest absolute Gasteiger partial charge is 0.478 e. The molecule has 1 aliphatic rings. The maximum atomic E-state index is 12.5. The van der Waals surface area contributed by atoms with Gasteiger partial charge in [0.2, 0.25) is 0 Å². The number of carbonyl (C=O) groups is 2. The van der Waals surface area contributed by atoms with Crippen LogP contribution in [-0.2, 0) is 4.74 Å². The van der Waals surface area contributed by atoms with Crippen molar-refractivity contribution in [3.05, 3.63) is 69.8 Å². The Balaban J connectivity index is 1.83. The summed E-state index contributed by atoms with van der Waals surface area (Å²) < 4.78 is 5.30. The van der Waals surface area contributed by atoms with E-state index in [1.165, 1.54) is 11.6 Å². The summed E-state index contributed by atoms with van der Waals surface area (Å²) >= 11 is 5.92. The van der Waals surface area contributed by atoms with Crippen LogP contribution in [0.2, 0.25) is 5.02 Å². The molecule has 0 bridgehead atoms. The molecule has 0 aromatic heterocycles. The number of benzene rings is 2. The summed E-state index contributed by atoms with van der Waals surface area (Å²) in [7, 11) is 0. The second-order valence-electron chi connectivity index (χ2n) is 6.04. The fraction of sp³-hybridized carbons (Fsp3) is 0.200. The maximum absolute atomic E-state index is 12.5. The first-order chi connectivity index (χ1) is 12.5. The van der Waals surface area contributed by atoms with Crippen LogP contribution in [0.5, 0.6) is 0 Å². The Kier molecular flexibility index (Phi) is 5.40. The Bertz CT molecular complexity index is 887. The monoisotopic (exact) mass is 371 g/mol. The number of carbonyl (C=O) groups excluding carboxylic acids is 1. The zero-order valence-electron chi connectivity index (χ0n) is 14.2. The van der Waals surface area contributed by atoms with Crippen LogP contribution in [0.4, 0.5) is 5.69 Å². The van der Waals surface area contributed by atoms with Crippen LogP contribution in [0, 0.1) is 6.92 Å². The van der Waals surface area contributed by atoms with Gasteiger partial charge in [0.05, 0.1) is 24.5 Å². The highest BCUT2D eigenvalue weighted by molar-refractivity contribution is 6.31. The second kappa shape index (κ2) is 7.72. The Morgan fingerprint density at radius 3 is 2.54 bits per heavy atom. The van der Waals surface area contributed by atoms with E-state index >= 15 is 0 Å². The molecule has 134 valence electrons. The third-order valence-electron chi connectivity index (χ3n) is 4.25. The third-order valence-corrected chi connectivity index (χ3v) is 4.47. The van der Waals surface area contributed by atoms with E-state index in [-0.39, 0.29) is 17.2 Å². The number of carboxylic acid groups (broad SMARTS) is 1. The molecule has 0 saturated heterocycles. The van der Waals surface area contributed by atoms with Gasteiger partial charge in [0.25, 0.3) is 5.91 Å². The van der Waals surface area contributed by atoms with Crippen molar-refractivity contribution in [3.8, 4) is 0 Å². The predicted molar refractivity (Wildman–Crippen MR) is 101 cm³/mol. The molecule has 0 radical (unpaired) electrons. The van der Waals surface area contributed by atoms with Gasteiger partial charge in [0.15, 0.2) is 0 Å². The molecule has 0 unspecified atom stereocenters. The lowest BCUT2D eigenvalue weighted by Gasteiger charge is -2.15. The summed E-state index contributed by atoms with van der Waals surface area (Å²) in [5.41, 5.74) is 3.51. The van der Waals surface area contributed by atoms with Gasteiger partial charge in [-0.3, -0.25) is 4.79 Å². The second-order valence-corrected chi connectivity index (χ2v) is 6.47. The number of hydrogen-bond donors (Lipinski definition) is 2. The molecular formula is C20H18ClNO4. The minimum atomic E-state index is -1.15. The SMILES string of the molecule is Cc1cc(Cl)cc(C(=O)O)c1NC(=O)c1ccc(C2=CCOCC2)cc1. The average molecular weight is 372 g/mol. The zero-order chi connectivity index (χ0) is 18.7. The van der Waals surface area contributed by atoms with Crippen LogP contribution >= 0.6 is 11.6 Å². The smallest absolute Gasteiger partial charge is 0.337 e. The van der Waals surface area contributed by atoms with Crippen molar-refractivity contribution in [2.24, 2.45) is 0 Å². The molecule has 0 fully saturated rings. The number of anilines is 1. The van der Waals surface area contributed by atoms with E-state index in [9.17, 15) is 14.7 Å². The molecule has 5 nitrogen and oxygen atoms in total. The number of nitrogens with one attached hydrogen (secondary N) is 1. The van der Waals surface area contributed by atoms with Crippen LogP contribution in [0.3, 0.4) is 0 Å². The number of carboxylic acids is 1. The Morgan fingerprint density at radius 2 is 1.92 bits per heavy atom. The number of halogens is 1. The fourth-order valence-corrected chi connectivity index (χ4v) is 3.16. The van der Waals surface area contributed by atoms with Crippen molar-refractivity contribution in [3.63, 3.8) is 0 Å². The van der Waals surface area contributed by atoms with Crippen LogP contribution in [0.25, 0.3) is 5.57 Å². The van der Waals surface area contributed by atoms with Gasteiger partial charge in [-0.15, -0.1) is 0 Å². The molecule has 6 heteroatoms. The van der Waals surface area contributed by atoms with Gasteiger partial charge in [0.1, 0.15) is 0 Å². The van der Waals surface area contributed by atoms with Crippen LogP contribution in [0.1, 0.15) is 38.3 Å². The lowest BCUT2D eigenvalue weighted by atomic mass is 10.00. The summed E-state index contributed by atoms with van der Waals surface area (Å²) in [6.45, 7) is 3.00. The van der Waals surface area contributed by atoms with E-state index in [2.05, 4.69) is 5.32 Å². The van der Waals surface area contributed by atoms with E-state index < -0.39 is 5.97 Å². The van der Waals surface area contributed by atoms with Crippen molar-refractivity contribution in [2.75, 3.05) is 18.5 Å². The highest BCUT2D eigenvalue weighted by Crippen LogP contribution is 2.27. The Labute approximate surface area is 156 Å². The van der Waals surface area contributed by atoms with Crippen molar-refractivity contribution >= 4 is 34.7 Å². The first-order valence-electron chi connectivity index (χ1n) is 8.17. The highest BCUT2D eigenvalue weighted by atomic mass is 35.5. The molecule has 0 saturated carbocycles. The molecule has 2 N–H and O–H groups in total. The van der Waals surface area contributed by atoms with Crippen LogP contribution in [-0.4, -0.2) is 30.2 Å². The minimum absolute atomic E-state index is 0.0349. The normalized spacial score (nSPS) is 13.8. The molecular weight excluding hydrogens is 354 g/mol. The average Bonchev–Trinajstić information content (AvgIpc) is 2.64. The Hall–Kier alpha value is -2.63. The van der Waals surface area contributed by atoms with Gasteiger partial charge >= 0.3 is 5.97 Å². The molecule has 26 heavy (non-hydrogen) atoms. The predicted octanol–water partition coefficient (Wildman–Crippen LogP) is 4.40. The number of amides is 1. The highest BCUT2D eigenvalue weighted by Gasteiger charge is 2.17. The lowest BCUT2D eigenvalue weighted by molar-refractivity contribution is 0.0698. The number of rotatable bonds is 4. The van der Waals surface area contributed by atoms with Gasteiger partial charge in [-0.2, -0.15) is 0 Å². The van der Waals surface area contributed by atoms with E-state index in [4.69, 9.17) is 16.3 Å². The van der Waals surface area contributed by atoms with Gasteiger partial charge < -0.3 is 15.2 Å². The molecule has 0 aliphatic carbocycles. The van der Waals surface area contributed by atoms with Crippen molar-refractivity contribution in [1.82, 2.24) is 0 Å². The third kappa shape index (κ3) is 3.95. The quantitative estimate of drug-likeness (QED) is 0.835. The molecule has 3 rings (SSSR count). The van der Waals surface area contributed by atoms with Crippen molar-refractivity contribution in [1.29, 1.82) is 0 Å². The zero-order valence-corrected chi connectivity index (χ0v) is 15.0. The molecule has 1 aliphatic heterocycles. The van der Waals surface area contributed by atoms with Gasteiger partial charge in [0, 0.05) is 10.6 Å². The van der Waals surface area contributed by atoms with E-state index in [0.29, 0.717) is 29.4 Å². The first-order valence-corrected chi connectivity index (χ1v) is 8.55. The molecule has 0 atom stereocenters. The summed E-state index contributed by atoms with van der Waals surface area (Å²) in [6.07, 6.45) is 2.88. The van der Waals surface area contributed by atoms with E-state index in [1.807, 2.05) is 18.2 Å². The molecule has 2 aromatic rings. The summed E-state index contributed by atoms with van der Waals surface area (Å²) in [5, 5.41) is 12.4. The van der Waals surface area contributed by atoms with E-state index in [0.717, 1.165) is 12.0 Å². The number of aromatic carboxylic acids is 1. The molecule has 2 aromatic carbocycles. The molecule has 1 amide bonds. The van der Waals surface area contributed by atoms with Gasteiger partial charge in [-0.05, 0) is 54.3 Å². The standard InChI is InChI=1S/C20H18ClNO4/c1-12-10-16(21)11-17(20(24)25)18(12)22-19(23)15-4-2-13(3-5-15)14-6-8-26-9-7-14/h2-6,10-11H,7-9H2,1H3,(H,22,23)(H,24,25). The van der Waals surface area contributed by atoms with Crippen LogP contribution in [0.15, 0.2) is 42.5 Å². The topological polar surface area (TPSA) is 75.6 Å². The molecule has 0 spiro atoms. The molecule has 1 heterocycles. The summed E-state index contributed by atoms with van der Waals surface area (Å²) in [5.74, 6) is -1.52. The van der Waals surface area contributed by atoms with Gasteiger partial charge in [-0.25, -0.2) is 4.79 Å². The fourth-order valence-electron chi connectivity index (χ4n) is 2.89.